The molecule has 5 heteroatoms. The topological polar surface area (TPSA) is 21.7 Å². The van der Waals surface area contributed by atoms with E-state index in [0.29, 0.717) is 0 Å². The quantitative estimate of drug-likeness (QED) is 0.206. The van der Waals surface area contributed by atoms with Crippen molar-refractivity contribution >= 4 is 51.9 Å². The van der Waals surface area contributed by atoms with E-state index in [9.17, 15) is 0 Å². The Balaban J connectivity index is 1.24. The summed E-state index contributed by atoms with van der Waals surface area (Å²) in [6.07, 6.45) is 0. The first-order valence-electron chi connectivity index (χ1n) is 13.8. The van der Waals surface area contributed by atoms with Crippen molar-refractivity contribution in [3.8, 4) is 34.1 Å². The van der Waals surface area contributed by atoms with Crippen molar-refractivity contribution in [3.05, 3.63) is 133 Å². The lowest BCUT2D eigenvalue weighted by Crippen LogP contribution is -2.57. The molecule has 0 saturated carbocycles. The molecule has 0 radical (unpaired) electrons. The zero-order valence-electron chi connectivity index (χ0n) is 22.0. The summed E-state index contributed by atoms with van der Waals surface area (Å²) >= 11 is 1.84. The standard InChI is InChI=1S/C36H22BNO2S/c1-2-10-24(11-3-1)38-28-14-5-7-19-34(28)41-36-25(12-8-15-29(36)38)23-20-21-31-27(22-23)37-26-13-4-6-16-30(26)39-32-17-9-18-33(40-31)35(32)37/h1-22H. The zero-order chi connectivity index (χ0) is 26.9. The smallest absolute Gasteiger partial charge is 0.260 e. The molecule has 192 valence electrons. The van der Waals surface area contributed by atoms with E-state index in [1.165, 1.54) is 37.8 Å². The van der Waals surface area contributed by atoms with Gasteiger partial charge in [-0.25, -0.2) is 0 Å². The lowest BCUT2D eigenvalue weighted by atomic mass is 9.35. The molecular weight excluding hydrogens is 521 g/mol. The highest BCUT2D eigenvalue weighted by molar-refractivity contribution is 8.00. The van der Waals surface area contributed by atoms with Gasteiger partial charge in [-0.1, -0.05) is 90.6 Å². The normalized spacial score (nSPS) is 13.6. The molecule has 0 atom stereocenters. The number of fused-ring (bicyclic) bond motifs is 6. The molecule has 3 aliphatic rings. The first-order chi connectivity index (χ1) is 20.3. The average Bonchev–Trinajstić information content (AvgIpc) is 3.03. The van der Waals surface area contributed by atoms with Crippen LogP contribution >= 0.6 is 11.8 Å². The molecule has 0 aromatic heterocycles. The number of ether oxygens (including phenoxy) is 2. The molecular formula is C36H22BNO2S. The summed E-state index contributed by atoms with van der Waals surface area (Å²) in [4.78, 5) is 4.87. The number of benzene rings is 6. The molecule has 6 aromatic rings. The summed E-state index contributed by atoms with van der Waals surface area (Å²) in [5.41, 5.74) is 9.37. The first kappa shape index (κ1) is 22.9. The second-order valence-corrected chi connectivity index (χ2v) is 11.5. The fraction of sp³-hybridized carbons (Fsp3) is 0. The number of hydrogen-bond acceptors (Lipinski definition) is 4. The maximum absolute atomic E-state index is 6.47. The van der Waals surface area contributed by atoms with E-state index in [4.69, 9.17) is 9.47 Å². The van der Waals surface area contributed by atoms with Crippen LogP contribution in [0.4, 0.5) is 17.1 Å². The highest BCUT2D eigenvalue weighted by atomic mass is 32.2. The Morgan fingerprint density at radius 2 is 1.22 bits per heavy atom. The van der Waals surface area contributed by atoms with Crippen LogP contribution in [0.1, 0.15) is 0 Å². The summed E-state index contributed by atoms with van der Waals surface area (Å²) in [5, 5.41) is 0. The SMILES string of the molecule is c1ccc(N2c3ccccc3Sc3c(-c4ccc5c(c4)B4c6ccccc6Oc6cccc(c64)O5)cccc32)cc1. The summed E-state index contributed by atoms with van der Waals surface area (Å²) in [5.74, 6) is 3.53. The van der Waals surface area contributed by atoms with Gasteiger partial charge in [0.2, 0.25) is 0 Å². The van der Waals surface area contributed by atoms with Crippen LogP contribution in [-0.2, 0) is 0 Å². The second kappa shape index (κ2) is 8.82. The summed E-state index contributed by atoms with van der Waals surface area (Å²) in [7, 11) is 0. The molecule has 0 spiro atoms. The van der Waals surface area contributed by atoms with Crippen molar-refractivity contribution in [3.63, 3.8) is 0 Å². The van der Waals surface area contributed by atoms with Crippen LogP contribution in [-0.4, -0.2) is 6.71 Å². The van der Waals surface area contributed by atoms with E-state index in [1.807, 2.05) is 36.0 Å². The van der Waals surface area contributed by atoms with Gasteiger partial charge in [0.15, 0.2) is 0 Å². The van der Waals surface area contributed by atoms with Crippen LogP contribution in [0.5, 0.6) is 23.0 Å². The van der Waals surface area contributed by atoms with Crippen LogP contribution in [0.3, 0.4) is 0 Å². The van der Waals surface area contributed by atoms with Crippen LogP contribution < -0.4 is 30.8 Å². The van der Waals surface area contributed by atoms with Crippen molar-refractivity contribution in [1.82, 2.24) is 0 Å². The summed E-state index contributed by atoms with van der Waals surface area (Å²) in [6, 6.07) is 47.0. The Morgan fingerprint density at radius 3 is 2.10 bits per heavy atom. The number of para-hydroxylation sites is 3. The largest absolute Gasteiger partial charge is 0.458 e. The molecule has 0 amide bonds. The predicted octanol–water partition coefficient (Wildman–Crippen LogP) is 8.02. The van der Waals surface area contributed by atoms with E-state index >= 15 is 0 Å². The molecule has 9 rings (SSSR count). The van der Waals surface area contributed by atoms with Gasteiger partial charge in [-0.05, 0) is 76.6 Å². The van der Waals surface area contributed by atoms with Gasteiger partial charge in [0.05, 0.1) is 11.4 Å². The van der Waals surface area contributed by atoms with Gasteiger partial charge < -0.3 is 14.4 Å². The molecule has 3 heterocycles. The van der Waals surface area contributed by atoms with Gasteiger partial charge in [0.1, 0.15) is 23.0 Å². The molecule has 0 bridgehead atoms. The predicted molar refractivity (Wildman–Crippen MR) is 168 cm³/mol. The van der Waals surface area contributed by atoms with Crippen LogP contribution in [0.15, 0.2) is 143 Å². The first-order valence-corrected chi connectivity index (χ1v) is 14.6. The Morgan fingerprint density at radius 1 is 0.537 bits per heavy atom. The van der Waals surface area contributed by atoms with Crippen molar-refractivity contribution in [2.24, 2.45) is 0 Å². The molecule has 0 fully saturated rings. The summed E-state index contributed by atoms with van der Waals surface area (Å²) < 4.78 is 12.8. The molecule has 3 nitrogen and oxygen atoms in total. The fourth-order valence-corrected chi connectivity index (χ4v) is 7.60. The number of anilines is 3. The highest BCUT2D eigenvalue weighted by Gasteiger charge is 2.40. The average molecular weight is 543 g/mol. The van der Waals surface area contributed by atoms with Gasteiger partial charge in [-0.2, -0.15) is 0 Å². The number of rotatable bonds is 2. The van der Waals surface area contributed by atoms with Gasteiger partial charge in [-0.15, -0.1) is 0 Å². The van der Waals surface area contributed by atoms with E-state index in [-0.39, 0.29) is 6.71 Å². The molecule has 6 aromatic carbocycles. The molecule has 41 heavy (non-hydrogen) atoms. The molecule has 0 aliphatic carbocycles. The summed E-state index contributed by atoms with van der Waals surface area (Å²) in [6.45, 7) is 0.0450. The van der Waals surface area contributed by atoms with Crippen molar-refractivity contribution in [2.75, 3.05) is 4.90 Å². The van der Waals surface area contributed by atoms with E-state index in [0.717, 1.165) is 39.6 Å². The third-order valence-electron chi connectivity index (χ3n) is 8.18. The number of nitrogens with zero attached hydrogens (tertiary/aromatic N) is 1. The Hall–Kier alpha value is -4.87. The third-order valence-corrected chi connectivity index (χ3v) is 9.38. The van der Waals surface area contributed by atoms with Crippen molar-refractivity contribution < 1.29 is 9.47 Å². The maximum atomic E-state index is 6.47. The second-order valence-electron chi connectivity index (χ2n) is 10.5. The Labute approximate surface area is 243 Å². The van der Waals surface area contributed by atoms with Gasteiger partial charge in [0.25, 0.3) is 6.71 Å². The number of hydrogen-bond donors (Lipinski definition) is 0. The lowest BCUT2D eigenvalue weighted by Gasteiger charge is -2.34. The highest BCUT2D eigenvalue weighted by Crippen LogP contribution is 2.54. The minimum Gasteiger partial charge on any atom is -0.458 e. The third kappa shape index (κ3) is 3.42. The fourth-order valence-electron chi connectivity index (χ4n) is 6.41. The lowest BCUT2D eigenvalue weighted by molar-refractivity contribution is 0.464. The zero-order valence-corrected chi connectivity index (χ0v) is 22.8. The van der Waals surface area contributed by atoms with Gasteiger partial charge >= 0.3 is 0 Å². The van der Waals surface area contributed by atoms with Crippen LogP contribution in [0, 0.1) is 0 Å². The van der Waals surface area contributed by atoms with E-state index < -0.39 is 0 Å². The van der Waals surface area contributed by atoms with Crippen molar-refractivity contribution in [1.29, 1.82) is 0 Å². The van der Waals surface area contributed by atoms with Gasteiger partial charge in [-0.3, -0.25) is 0 Å². The monoisotopic (exact) mass is 543 g/mol. The molecule has 0 N–H and O–H groups in total. The van der Waals surface area contributed by atoms with Gasteiger partial charge in [0, 0.05) is 20.9 Å². The molecule has 0 unspecified atom stereocenters. The Kier molecular flexibility index (Phi) is 4.93. The Bertz CT molecular complexity index is 1990. The van der Waals surface area contributed by atoms with E-state index in [1.54, 1.807) is 0 Å². The minimum atomic E-state index is 0.0450. The maximum Gasteiger partial charge on any atom is 0.260 e. The minimum absolute atomic E-state index is 0.0450. The van der Waals surface area contributed by atoms with Crippen molar-refractivity contribution in [2.45, 2.75) is 9.79 Å². The molecule has 0 saturated heterocycles. The van der Waals surface area contributed by atoms with Crippen LogP contribution in [0.2, 0.25) is 0 Å². The van der Waals surface area contributed by atoms with Crippen LogP contribution in [0.25, 0.3) is 11.1 Å². The molecule has 3 aliphatic heterocycles. The van der Waals surface area contributed by atoms with E-state index in [2.05, 4.69) is 114 Å².